The highest BCUT2D eigenvalue weighted by Gasteiger charge is 2.59. The van der Waals surface area contributed by atoms with Gasteiger partial charge in [-0.05, 0) is 93.0 Å². The van der Waals surface area contributed by atoms with Gasteiger partial charge in [0.2, 0.25) is 0 Å². The highest BCUT2D eigenvalue weighted by Crippen LogP contribution is 2.66. The monoisotopic (exact) mass is 591 g/mol. The number of quaternary nitrogens is 1. The van der Waals surface area contributed by atoms with Crippen LogP contribution in [-0.4, -0.2) is 86.3 Å². The number of hydrogen-bond acceptors (Lipinski definition) is 5. The van der Waals surface area contributed by atoms with Crippen LogP contribution in [0.5, 0.6) is 0 Å². The summed E-state index contributed by atoms with van der Waals surface area (Å²) in [6.07, 6.45) is 9.79. The Bertz CT molecular complexity index is 1120. The second kappa shape index (κ2) is 11.6. The smallest absolute Gasteiger partial charge is 0.329 e. The van der Waals surface area contributed by atoms with Crippen molar-refractivity contribution in [3.05, 3.63) is 11.6 Å². The number of carbonyl (C=O) groups excluding carboxylic acids is 2. The highest BCUT2D eigenvalue weighted by atomic mass is 19.3. The van der Waals surface area contributed by atoms with Crippen molar-refractivity contribution in [2.75, 3.05) is 47.3 Å². The lowest BCUT2D eigenvalue weighted by Gasteiger charge is -2.58. The largest absolute Gasteiger partial charge is 0.436 e. The van der Waals surface area contributed by atoms with Crippen LogP contribution in [0, 0.1) is 34.5 Å². The Morgan fingerprint density at radius 1 is 1.07 bits per heavy atom. The molecular weight excluding hydrogens is 538 g/mol. The molecule has 1 unspecified atom stereocenters. The number of nitrogens with zero attached hydrogens (tertiary/aromatic N) is 3. The molecule has 9 heteroatoms. The summed E-state index contributed by atoms with van der Waals surface area (Å²) in [6, 6.07) is -0.921. The van der Waals surface area contributed by atoms with Crippen LogP contribution in [0.25, 0.3) is 0 Å². The van der Waals surface area contributed by atoms with Crippen LogP contribution in [-0.2, 0) is 9.63 Å². The topological polar surface area (TPSA) is 71.0 Å². The van der Waals surface area contributed by atoms with E-state index in [1.54, 1.807) is 4.90 Å². The highest BCUT2D eigenvalue weighted by molar-refractivity contribution is 5.91. The lowest BCUT2D eigenvalue weighted by atomic mass is 9.46. The minimum atomic E-state index is -2.75. The molecule has 1 saturated heterocycles. The van der Waals surface area contributed by atoms with Gasteiger partial charge in [-0.1, -0.05) is 24.6 Å². The summed E-state index contributed by atoms with van der Waals surface area (Å²) in [4.78, 5) is 32.5. The molecule has 1 amide bonds. The minimum absolute atomic E-state index is 0.117. The molecule has 4 aliphatic carbocycles. The van der Waals surface area contributed by atoms with E-state index in [1.807, 2.05) is 34.1 Å². The summed E-state index contributed by atoms with van der Waals surface area (Å²) in [5.41, 5.74) is 2.53. The molecule has 1 aliphatic heterocycles. The molecule has 7 nitrogen and oxygen atoms in total. The van der Waals surface area contributed by atoms with Crippen molar-refractivity contribution in [1.29, 1.82) is 0 Å². The van der Waals surface area contributed by atoms with Crippen LogP contribution in [0.4, 0.5) is 13.6 Å². The number of allylic oxidation sites excluding steroid dienone is 1. The fourth-order valence-corrected chi connectivity index (χ4v) is 9.53. The first-order chi connectivity index (χ1) is 19.6. The number of rotatable bonds is 8. The van der Waals surface area contributed by atoms with Gasteiger partial charge in [-0.25, -0.2) is 13.6 Å². The van der Waals surface area contributed by atoms with Gasteiger partial charge < -0.3 is 14.7 Å². The number of amides is 1. The molecule has 3 saturated carbocycles. The summed E-state index contributed by atoms with van der Waals surface area (Å²) in [6.45, 7) is 8.43. The first-order valence-corrected chi connectivity index (χ1v) is 16.3. The standard InChI is InChI=1S/C33H53F2N4O3/c1-22(37-42-30(41)38(19-20-39(4,5)6)18-13-29-33(34,35)16-17-36-29)26-9-10-27-25-8-7-23-21-24(40)11-14-31(23,2)28(25)12-15-32(26,27)3/h21,25-29,36H,7-20H2,1-6H3/q+1/b37-22+/t25-,26+,27-,28-,29?,31-,32+/m0/s1. The molecule has 1 heterocycles. The zero-order chi connectivity index (χ0) is 30.5. The molecule has 1 N–H and O–H groups in total. The van der Waals surface area contributed by atoms with Gasteiger partial charge in [0.1, 0.15) is 0 Å². The number of fused-ring (bicyclic) bond motifs is 5. The predicted molar refractivity (Wildman–Crippen MR) is 160 cm³/mol. The summed E-state index contributed by atoms with van der Waals surface area (Å²) in [5, 5.41) is 7.31. The molecule has 0 aromatic rings. The molecule has 7 atom stereocenters. The number of alkyl halides is 2. The van der Waals surface area contributed by atoms with E-state index in [4.69, 9.17) is 4.84 Å². The van der Waals surface area contributed by atoms with Gasteiger partial charge in [-0.15, -0.1) is 0 Å². The fourth-order valence-electron chi connectivity index (χ4n) is 9.53. The lowest BCUT2D eigenvalue weighted by Crippen LogP contribution is -2.51. The van der Waals surface area contributed by atoms with Crippen molar-refractivity contribution >= 4 is 17.6 Å². The zero-order valence-corrected chi connectivity index (χ0v) is 26.7. The Morgan fingerprint density at radius 2 is 1.83 bits per heavy atom. The lowest BCUT2D eigenvalue weighted by molar-refractivity contribution is -0.869. The average Bonchev–Trinajstić information content (AvgIpc) is 3.44. The summed E-state index contributed by atoms with van der Waals surface area (Å²) < 4.78 is 29.1. The molecular formula is C33H53F2N4O3+. The molecule has 0 aromatic carbocycles. The van der Waals surface area contributed by atoms with Gasteiger partial charge in [-0.2, -0.15) is 0 Å². The van der Waals surface area contributed by atoms with Crippen LogP contribution < -0.4 is 5.32 Å². The van der Waals surface area contributed by atoms with Gasteiger partial charge in [0.15, 0.2) is 5.78 Å². The first-order valence-electron chi connectivity index (χ1n) is 16.3. The van der Waals surface area contributed by atoms with E-state index in [2.05, 4.69) is 24.3 Å². The summed E-state index contributed by atoms with van der Waals surface area (Å²) >= 11 is 0. The number of hydrogen-bond donors (Lipinski definition) is 1. The molecule has 5 aliphatic rings. The molecule has 5 rings (SSSR count). The summed E-state index contributed by atoms with van der Waals surface area (Å²) in [5.74, 6) is -0.288. The Balaban J connectivity index is 1.24. The van der Waals surface area contributed by atoms with E-state index >= 15 is 0 Å². The Hall–Kier alpha value is -1.87. The zero-order valence-electron chi connectivity index (χ0n) is 26.7. The van der Waals surface area contributed by atoms with Crippen LogP contribution in [0.15, 0.2) is 16.8 Å². The van der Waals surface area contributed by atoms with Gasteiger partial charge in [0.05, 0.1) is 46.0 Å². The van der Waals surface area contributed by atoms with Crippen molar-refractivity contribution in [3.63, 3.8) is 0 Å². The number of oxime groups is 1. The minimum Gasteiger partial charge on any atom is -0.329 e. The van der Waals surface area contributed by atoms with Crippen LogP contribution in [0.2, 0.25) is 0 Å². The second-order valence-corrected chi connectivity index (χ2v) is 15.5. The predicted octanol–water partition coefficient (Wildman–Crippen LogP) is 6.04. The van der Waals surface area contributed by atoms with Crippen molar-refractivity contribution in [1.82, 2.24) is 10.2 Å². The third-order valence-corrected chi connectivity index (χ3v) is 12.1. The number of carbonyl (C=O) groups is 2. The van der Waals surface area contributed by atoms with E-state index in [9.17, 15) is 18.4 Å². The third-order valence-electron chi connectivity index (χ3n) is 12.1. The normalized spacial score (nSPS) is 37.9. The summed E-state index contributed by atoms with van der Waals surface area (Å²) in [7, 11) is 6.13. The number of likely N-dealkylation sites (N-methyl/N-ethyl adjacent to an activating group) is 1. The Kier molecular flexibility index (Phi) is 8.69. The molecule has 4 fully saturated rings. The molecule has 0 radical (unpaired) electrons. The molecule has 236 valence electrons. The molecule has 42 heavy (non-hydrogen) atoms. The quantitative estimate of drug-likeness (QED) is 0.162. The van der Waals surface area contributed by atoms with Crippen molar-refractivity contribution in [3.8, 4) is 0 Å². The number of ketones is 1. The van der Waals surface area contributed by atoms with E-state index in [0.29, 0.717) is 54.1 Å². The first kappa shape index (κ1) is 31.6. The molecule has 0 bridgehead atoms. The van der Waals surface area contributed by atoms with E-state index < -0.39 is 18.1 Å². The van der Waals surface area contributed by atoms with Crippen LogP contribution in [0.3, 0.4) is 0 Å². The maximum Gasteiger partial charge on any atom is 0.436 e. The van der Waals surface area contributed by atoms with Gasteiger partial charge in [-0.3, -0.25) is 9.63 Å². The van der Waals surface area contributed by atoms with Gasteiger partial charge in [0, 0.05) is 31.8 Å². The van der Waals surface area contributed by atoms with Crippen molar-refractivity contribution in [2.45, 2.75) is 96.9 Å². The fraction of sp³-hybridized carbons (Fsp3) is 0.848. The second-order valence-electron chi connectivity index (χ2n) is 15.5. The van der Waals surface area contributed by atoms with Crippen molar-refractivity contribution < 1.29 is 27.7 Å². The van der Waals surface area contributed by atoms with Crippen LogP contribution in [0.1, 0.15) is 85.0 Å². The molecule has 0 spiro atoms. The number of nitrogens with one attached hydrogen (secondary N) is 1. The third kappa shape index (κ3) is 6.06. The van der Waals surface area contributed by atoms with E-state index in [1.165, 1.54) is 12.0 Å². The SMILES string of the molecule is C/C(=N\OC(=O)N(CCC1NCCC1(F)F)CC[N+](C)(C)C)[C@H]1CC[C@H]2[C@@H]3CCC4=CC(=O)CC[C@]4(C)[C@H]3CC[C@]12C. The Morgan fingerprint density at radius 3 is 2.52 bits per heavy atom. The van der Waals surface area contributed by atoms with Crippen molar-refractivity contribution in [2.24, 2.45) is 39.7 Å². The van der Waals surface area contributed by atoms with Gasteiger partial charge >= 0.3 is 6.09 Å². The van der Waals surface area contributed by atoms with Crippen LogP contribution >= 0.6 is 0 Å². The maximum absolute atomic E-state index is 14.2. The maximum atomic E-state index is 14.2. The average molecular weight is 592 g/mol. The van der Waals surface area contributed by atoms with E-state index in [0.717, 1.165) is 44.2 Å². The van der Waals surface area contributed by atoms with Gasteiger partial charge in [0.25, 0.3) is 5.92 Å². The Labute approximate surface area is 251 Å². The number of halogens is 2. The van der Waals surface area contributed by atoms with E-state index in [-0.39, 0.29) is 36.1 Å². The molecule has 0 aromatic heterocycles.